The number of aromatic nitrogens is 1. The highest BCUT2D eigenvalue weighted by Gasteiger charge is 2.17. The number of hydrogen-bond donors (Lipinski definition) is 0. The van der Waals surface area contributed by atoms with Gasteiger partial charge in [0.05, 0.1) is 5.56 Å². The van der Waals surface area contributed by atoms with Gasteiger partial charge < -0.3 is 14.4 Å². The maximum Gasteiger partial charge on any atom is 0.256 e. The van der Waals surface area contributed by atoms with Crippen LogP contribution in [0.15, 0.2) is 41.1 Å². The first kappa shape index (κ1) is 13.9. The normalized spacial score (nSPS) is 12.3. The summed E-state index contributed by atoms with van der Waals surface area (Å²) in [6, 6.07) is 9.16. The van der Waals surface area contributed by atoms with E-state index in [2.05, 4.69) is 20.9 Å². The van der Waals surface area contributed by atoms with Crippen molar-refractivity contribution < 1.29 is 14.3 Å². The summed E-state index contributed by atoms with van der Waals surface area (Å²) < 4.78 is 11.2. The van der Waals surface area contributed by atoms with Crippen LogP contribution in [0.3, 0.4) is 0 Å². The van der Waals surface area contributed by atoms with E-state index in [4.69, 9.17) is 9.47 Å². The summed E-state index contributed by atoms with van der Waals surface area (Å²) >= 11 is 3.30. The van der Waals surface area contributed by atoms with Crippen molar-refractivity contribution in [3.63, 3.8) is 0 Å². The standard InChI is InChI=1S/C15H13BrN2O3/c1-18(15(19)11-3-2-6-17-14(11)16)8-10-4-5-12-13(7-10)21-9-20-12/h2-7H,8-9H2,1H3. The molecular formula is C15H13BrN2O3. The summed E-state index contributed by atoms with van der Waals surface area (Å²) in [4.78, 5) is 18.1. The number of fused-ring (bicyclic) bond motifs is 1. The lowest BCUT2D eigenvalue weighted by atomic mass is 10.1. The van der Waals surface area contributed by atoms with Crippen LogP contribution in [-0.4, -0.2) is 29.6 Å². The number of pyridine rings is 1. The molecule has 1 aromatic carbocycles. The highest BCUT2D eigenvalue weighted by Crippen LogP contribution is 2.32. The molecule has 2 heterocycles. The van der Waals surface area contributed by atoms with E-state index >= 15 is 0 Å². The number of hydrogen-bond acceptors (Lipinski definition) is 4. The third-order valence-corrected chi connectivity index (χ3v) is 3.82. The molecule has 2 aromatic rings. The molecule has 0 N–H and O–H groups in total. The Hall–Kier alpha value is -2.08. The molecule has 0 fully saturated rings. The van der Waals surface area contributed by atoms with Gasteiger partial charge in [-0.2, -0.15) is 0 Å². The SMILES string of the molecule is CN(Cc1ccc2c(c1)OCO2)C(=O)c1cccnc1Br. The van der Waals surface area contributed by atoms with E-state index in [9.17, 15) is 4.79 Å². The largest absolute Gasteiger partial charge is 0.454 e. The molecule has 108 valence electrons. The second kappa shape index (κ2) is 5.73. The topological polar surface area (TPSA) is 51.7 Å². The first-order valence-corrected chi connectivity index (χ1v) is 7.19. The van der Waals surface area contributed by atoms with Gasteiger partial charge in [0.1, 0.15) is 4.60 Å². The van der Waals surface area contributed by atoms with Crippen molar-refractivity contribution in [2.24, 2.45) is 0 Å². The summed E-state index contributed by atoms with van der Waals surface area (Å²) in [5, 5.41) is 0. The smallest absolute Gasteiger partial charge is 0.256 e. The fourth-order valence-corrected chi connectivity index (χ4v) is 2.56. The Kier molecular flexibility index (Phi) is 3.79. The van der Waals surface area contributed by atoms with E-state index in [1.165, 1.54) is 0 Å². The van der Waals surface area contributed by atoms with Gasteiger partial charge >= 0.3 is 0 Å². The second-order valence-corrected chi connectivity index (χ2v) is 5.44. The van der Waals surface area contributed by atoms with Crippen molar-refractivity contribution in [2.45, 2.75) is 6.54 Å². The van der Waals surface area contributed by atoms with Gasteiger partial charge in [-0.3, -0.25) is 4.79 Å². The number of ether oxygens (including phenoxy) is 2. The molecule has 0 unspecified atom stereocenters. The van der Waals surface area contributed by atoms with E-state index in [0.717, 1.165) is 17.1 Å². The third-order valence-electron chi connectivity index (χ3n) is 3.19. The van der Waals surface area contributed by atoms with Crippen LogP contribution in [0.5, 0.6) is 11.5 Å². The molecule has 6 heteroatoms. The summed E-state index contributed by atoms with van der Waals surface area (Å²) in [5.74, 6) is 1.37. The fraction of sp³-hybridized carbons (Fsp3) is 0.200. The highest BCUT2D eigenvalue weighted by molar-refractivity contribution is 9.10. The number of amides is 1. The third kappa shape index (κ3) is 2.85. The van der Waals surface area contributed by atoms with Gasteiger partial charge in [-0.15, -0.1) is 0 Å². The molecule has 0 saturated carbocycles. The van der Waals surface area contributed by atoms with Crippen LogP contribution in [0.1, 0.15) is 15.9 Å². The zero-order chi connectivity index (χ0) is 14.8. The zero-order valence-corrected chi connectivity index (χ0v) is 13.0. The average molecular weight is 349 g/mol. The van der Waals surface area contributed by atoms with Crippen molar-refractivity contribution in [1.82, 2.24) is 9.88 Å². The van der Waals surface area contributed by atoms with Crippen molar-refractivity contribution in [1.29, 1.82) is 0 Å². The fourth-order valence-electron chi connectivity index (χ4n) is 2.14. The molecule has 0 spiro atoms. The Morgan fingerprint density at radius 1 is 1.33 bits per heavy atom. The number of nitrogens with zero attached hydrogens (tertiary/aromatic N) is 2. The monoisotopic (exact) mass is 348 g/mol. The average Bonchev–Trinajstić information content (AvgIpc) is 2.94. The molecule has 3 rings (SSSR count). The van der Waals surface area contributed by atoms with E-state index < -0.39 is 0 Å². The van der Waals surface area contributed by atoms with Gasteiger partial charge in [0.15, 0.2) is 11.5 Å². The first-order valence-electron chi connectivity index (χ1n) is 6.39. The molecule has 21 heavy (non-hydrogen) atoms. The molecule has 0 atom stereocenters. The van der Waals surface area contributed by atoms with Crippen LogP contribution in [0.4, 0.5) is 0 Å². The molecule has 0 radical (unpaired) electrons. The van der Waals surface area contributed by atoms with Gasteiger partial charge in [-0.25, -0.2) is 4.98 Å². The number of carbonyl (C=O) groups is 1. The Balaban J connectivity index is 1.76. The Labute approximate surface area is 130 Å². The molecule has 0 bridgehead atoms. The van der Waals surface area contributed by atoms with Crippen molar-refractivity contribution in [3.8, 4) is 11.5 Å². The lowest BCUT2D eigenvalue weighted by Gasteiger charge is -2.18. The summed E-state index contributed by atoms with van der Waals surface area (Å²) in [6.07, 6.45) is 1.64. The molecule has 1 aliphatic rings. The highest BCUT2D eigenvalue weighted by atomic mass is 79.9. The maximum atomic E-state index is 12.4. The van der Waals surface area contributed by atoms with E-state index in [1.807, 2.05) is 18.2 Å². The van der Waals surface area contributed by atoms with E-state index in [0.29, 0.717) is 16.7 Å². The molecule has 1 amide bonds. The molecular weight excluding hydrogens is 336 g/mol. The van der Waals surface area contributed by atoms with Gasteiger partial charge in [0.2, 0.25) is 6.79 Å². The molecule has 1 aromatic heterocycles. The minimum atomic E-state index is -0.0901. The number of halogens is 1. The first-order chi connectivity index (χ1) is 10.1. The second-order valence-electron chi connectivity index (χ2n) is 4.69. The van der Waals surface area contributed by atoms with E-state index in [-0.39, 0.29) is 12.7 Å². The van der Waals surface area contributed by atoms with Crippen LogP contribution in [-0.2, 0) is 6.54 Å². The van der Waals surface area contributed by atoms with Crippen LogP contribution >= 0.6 is 15.9 Å². The lowest BCUT2D eigenvalue weighted by Crippen LogP contribution is -2.26. The number of rotatable bonds is 3. The molecule has 5 nitrogen and oxygen atoms in total. The van der Waals surface area contributed by atoms with Crippen LogP contribution in [0.25, 0.3) is 0 Å². The lowest BCUT2D eigenvalue weighted by molar-refractivity contribution is 0.0783. The Morgan fingerprint density at radius 3 is 2.95 bits per heavy atom. The van der Waals surface area contributed by atoms with Crippen molar-refractivity contribution in [3.05, 3.63) is 52.3 Å². The number of benzene rings is 1. The summed E-state index contributed by atoms with van der Waals surface area (Å²) in [7, 11) is 1.76. The summed E-state index contributed by atoms with van der Waals surface area (Å²) in [5.41, 5.74) is 1.52. The molecule has 1 aliphatic heterocycles. The Bertz CT molecular complexity index is 690. The number of carbonyl (C=O) groups excluding carboxylic acids is 1. The van der Waals surface area contributed by atoms with Crippen LogP contribution < -0.4 is 9.47 Å². The molecule has 0 aliphatic carbocycles. The van der Waals surface area contributed by atoms with Gasteiger partial charge in [0, 0.05) is 19.8 Å². The quantitative estimate of drug-likeness (QED) is 0.800. The van der Waals surface area contributed by atoms with Crippen LogP contribution in [0.2, 0.25) is 0 Å². The van der Waals surface area contributed by atoms with Gasteiger partial charge in [-0.1, -0.05) is 6.07 Å². The molecule has 0 saturated heterocycles. The maximum absolute atomic E-state index is 12.4. The minimum absolute atomic E-state index is 0.0901. The predicted molar refractivity (Wildman–Crippen MR) is 80.3 cm³/mol. The predicted octanol–water partition coefficient (Wildman–Crippen LogP) is 2.85. The van der Waals surface area contributed by atoms with E-state index in [1.54, 1.807) is 30.3 Å². The zero-order valence-electron chi connectivity index (χ0n) is 11.4. The van der Waals surface area contributed by atoms with Crippen molar-refractivity contribution in [2.75, 3.05) is 13.8 Å². The van der Waals surface area contributed by atoms with Gasteiger partial charge in [0.25, 0.3) is 5.91 Å². The Morgan fingerprint density at radius 2 is 2.14 bits per heavy atom. The van der Waals surface area contributed by atoms with Crippen LogP contribution in [0, 0.1) is 0 Å². The minimum Gasteiger partial charge on any atom is -0.454 e. The van der Waals surface area contributed by atoms with Crippen molar-refractivity contribution >= 4 is 21.8 Å². The van der Waals surface area contributed by atoms with Gasteiger partial charge in [-0.05, 0) is 45.8 Å². The summed E-state index contributed by atoms with van der Waals surface area (Å²) in [6.45, 7) is 0.729.